The molecular weight excluding hydrogens is 384 g/mol. The lowest BCUT2D eigenvalue weighted by Crippen LogP contribution is -2.49. The highest BCUT2D eigenvalue weighted by molar-refractivity contribution is 7.90. The van der Waals surface area contributed by atoms with E-state index in [1.165, 1.54) is 24.3 Å². The summed E-state index contributed by atoms with van der Waals surface area (Å²) in [5, 5.41) is 3.42. The number of benzene rings is 2. The van der Waals surface area contributed by atoms with Gasteiger partial charge in [0.15, 0.2) is 9.84 Å². The smallest absolute Gasteiger partial charge is 0.240 e. The molecule has 1 unspecified atom stereocenters. The highest BCUT2D eigenvalue weighted by Gasteiger charge is 2.24. The molecule has 0 aromatic heterocycles. The van der Waals surface area contributed by atoms with Gasteiger partial charge in [0.1, 0.15) is 0 Å². The fourth-order valence-electron chi connectivity index (χ4n) is 2.69. The molecule has 0 amide bonds. The molecule has 0 bridgehead atoms. The largest absolute Gasteiger partial charge is 0.304 e. The zero-order valence-electron chi connectivity index (χ0n) is 15.9. The number of rotatable bonds is 8. The Morgan fingerprint density at radius 2 is 1.41 bits per heavy atom. The Labute approximate surface area is 162 Å². The van der Waals surface area contributed by atoms with Crippen molar-refractivity contribution in [1.29, 1.82) is 0 Å². The molecule has 6 nitrogen and oxygen atoms in total. The van der Waals surface area contributed by atoms with Gasteiger partial charge in [0.2, 0.25) is 10.0 Å². The molecule has 0 fully saturated rings. The first-order chi connectivity index (χ1) is 12.4. The van der Waals surface area contributed by atoms with E-state index < -0.39 is 25.4 Å². The molecule has 0 saturated heterocycles. The third-order valence-corrected chi connectivity index (χ3v) is 6.72. The second-order valence-corrected chi connectivity index (χ2v) is 11.0. The zero-order valence-corrected chi connectivity index (χ0v) is 17.6. The van der Waals surface area contributed by atoms with Crippen LogP contribution in [0.2, 0.25) is 0 Å². The van der Waals surface area contributed by atoms with Gasteiger partial charge in [-0.2, -0.15) is 0 Å². The van der Waals surface area contributed by atoms with Gasteiger partial charge in [0.05, 0.1) is 9.79 Å². The van der Waals surface area contributed by atoms with Crippen LogP contribution in [0.3, 0.4) is 0 Å². The van der Waals surface area contributed by atoms with Gasteiger partial charge in [0.25, 0.3) is 0 Å². The monoisotopic (exact) mass is 410 g/mol. The van der Waals surface area contributed by atoms with Crippen LogP contribution in [0.1, 0.15) is 32.4 Å². The number of nitrogens with one attached hydrogen (secondary N) is 2. The average molecular weight is 411 g/mol. The maximum atomic E-state index is 12.5. The van der Waals surface area contributed by atoms with E-state index in [0.29, 0.717) is 0 Å². The molecule has 0 saturated carbocycles. The summed E-state index contributed by atoms with van der Waals surface area (Å²) in [7, 11) is -7.11. The molecule has 0 spiro atoms. The SMILES string of the molecule is CC(NC(C)(C)CNS(=O)(=O)c1ccc(S(C)(=O)=O)cc1)c1ccccc1. The Morgan fingerprint density at radius 3 is 1.93 bits per heavy atom. The minimum atomic E-state index is -3.74. The second kappa shape index (κ2) is 8.10. The summed E-state index contributed by atoms with van der Waals surface area (Å²) in [5.41, 5.74) is 0.625. The molecule has 2 aromatic carbocycles. The zero-order chi connectivity index (χ0) is 20.3. The molecule has 0 radical (unpaired) electrons. The van der Waals surface area contributed by atoms with E-state index in [4.69, 9.17) is 0 Å². The van der Waals surface area contributed by atoms with E-state index in [2.05, 4.69) is 10.0 Å². The van der Waals surface area contributed by atoms with Crippen molar-refractivity contribution in [3.05, 3.63) is 60.2 Å². The maximum absolute atomic E-state index is 12.5. The first kappa shape index (κ1) is 21.6. The quantitative estimate of drug-likeness (QED) is 0.698. The van der Waals surface area contributed by atoms with Crippen molar-refractivity contribution in [2.75, 3.05) is 12.8 Å². The number of hydrogen-bond acceptors (Lipinski definition) is 5. The predicted octanol–water partition coefficient (Wildman–Crippen LogP) is 2.50. The maximum Gasteiger partial charge on any atom is 0.240 e. The van der Waals surface area contributed by atoms with Crippen molar-refractivity contribution in [2.24, 2.45) is 0 Å². The van der Waals surface area contributed by atoms with Crippen LogP contribution in [0.4, 0.5) is 0 Å². The summed E-state index contributed by atoms with van der Waals surface area (Å²) in [6.07, 6.45) is 1.08. The fourth-order valence-corrected chi connectivity index (χ4v) is 4.53. The molecule has 0 aliphatic rings. The second-order valence-electron chi connectivity index (χ2n) is 7.23. The normalized spacial score (nSPS) is 14.1. The van der Waals surface area contributed by atoms with Gasteiger partial charge in [-0.1, -0.05) is 30.3 Å². The third kappa shape index (κ3) is 6.14. The van der Waals surface area contributed by atoms with Crippen molar-refractivity contribution in [1.82, 2.24) is 10.0 Å². The Morgan fingerprint density at radius 1 is 0.889 bits per heavy atom. The molecule has 148 valence electrons. The van der Waals surface area contributed by atoms with Gasteiger partial charge in [0, 0.05) is 24.4 Å². The van der Waals surface area contributed by atoms with Gasteiger partial charge in [-0.05, 0) is 50.6 Å². The molecule has 2 aromatic rings. The van der Waals surface area contributed by atoms with Gasteiger partial charge in [-0.3, -0.25) is 0 Å². The summed E-state index contributed by atoms with van der Waals surface area (Å²) in [6, 6.07) is 15.1. The molecule has 0 heterocycles. The first-order valence-electron chi connectivity index (χ1n) is 8.53. The van der Waals surface area contributed by atoms with Crippen LogP contribution in [-0.4, -0.2) is 35.2 Å². The average Bonchev–Trinajstić information content (AvgIpc) is 2.60. The Hall–Kier alpha value is -1.74. The van der Waals surface area contributed by atoms with E-state index in [0.717, 1.165) is 11.8 Å². The predicted molar refractivity (Wildman–Crippen MR) is 107 cm³/mol. The van der Waals surface area contributed by atoms with Crippen LogP contribution in [0.25, 0.3) is 0 Å². The lowest BCUT2D eigenvalue weighted by atomic mass is 10.0. The molecule has 8 heteroatoms. The fraction of sp³-hybridized carbons (Fsp3) is 0.368. The van der Waals surface area contributed by atoms with Gasteiger partial charge in [-0.25, -0.2) is 21.6 Å². The van der Waals surface area contributed by atoms with Gasteiger partial charge >= 0.3 is 0 Å². The number of sulfone groups is 1. The summed E-state index contributed by atoms with van der Waals surface area (Å²) in [5.74, 6) is 0. The summed E-state index contributed by atoms with van der Waals surface area (Å²) >= 11 is 0. The van der Waals surface area contributed by atoms with Crippen LogP contribution in [0.5, 0.6) is 0 Å². The van der Waals surface area contributed by atoms with Crippen LogP contribution in [0.15, 0.2) is 64.4 Å². The van der Waals surface area contributed by atoms with Crippen molar-refractivity contribution in [3.8, 4) is 0 Å². The van der Waals surface area contributed by atoms with Crippen LogP contribution in [0, 0.1) is 0 Å². The van der Waals surface area contributed by atoms with E-state index in [1.54, 1.807) is 0 Å². The lowest BCUT2D eigenvalue weighted by Gasteiger charge is -2.30. The Balaban J connectivity index is 2.05. The van der Waals surface area contributed by atoms with Crippen molar-refractivity contribution < 1.29 is 16.8 Å². The highest BCUT2D eigenvalue weighted by Crippen LogP contribution is 2.17. The van der Waals surface area contributed by atoms with Gasteiger partial charge in [-0.15, -0.1) is 0 Å². The minimum Gasteiger partial charge on any atom is -0.304 e. The Bertz CT molecular complexity index is 968. The highest BCUT2D eigenvalue weighted by atomic mass is 32.2. The molecule has 27 heavy (non-hydrogen) atoms. The number of hydrogen-bond donors (Lipinski definition) is 2. The minimum absolute atomic E-state index is 0.0295. The molecule has 0 aliphatic heterocycles. The molecule has 0 aliphatic carbocycles. The molecular formula is C19H26N2O4S2. The van der Waals surface area contributed by atoms with E-state index >= 15 is 0 Å². The van der Waals surface area contributed by atoms with E-state index in [9.17, 15) is 16.8 Å². The van der Waals surface area contributed by atoms with E-state index in [-0.39, 0.29) is 22.4 Å². The van der Waals surface area contributed by atoms with Crippen LogP contribution < -0.4 is 10.0 Å². The summed E-state index contributed by atoms with van der Waals surface area (Å²) < 4.78 is 50.6. The van der Waals surface area contributed by atoms with Crippen molar-refractivity contribution in [2.45, 2.75) is 42.1 Å². The van der Waals surface area contributed by atoms with Crippen LogP contribution in [-0.2, 0) is 19.9 Å². The first-order valence-corrected chi connectivity index (χ1v) is 11.9. The summed E-state index contributed by atoms with van der Waals surface area (Å²) in [6.45, 7) is 6.04. The van der Waals surface area contributed by atoms with Crippen LogP contribution >= 0.6 is 0 Å². The third-order valence-electron chi connectivity index (χ3n) is 4.17. The van der Waals surface area contributed by atoms with Gasteiger partial charge < -0.3 is 5.32 Å². The van der Waals surface area contributed by atoms with Crippen molar-refractivity contribution in [3.63, 3.8) is 0 Å². The lowest BCUT2D eigenvalue weighted by molar-refractivity contribution is 0.346. The van der Waals surface area contributed by atoms with Crippen molar-refractivity contribution >= 4 is 19.9 Å². The summed E-state index contributed by atoms with van der Waals surface area (Å²) in [4.78, 5) is 0.113. The Kier molecular flexibility index (Phi) is 6.47. The van der Waals surface area contributed by atoms with E-state index in [1.807, 2.05) is 51.1 Å². The topological polar surface area (TPSA) is 92.3 Å². The number of sulfonamides is 1. The molecule has 2 N–H and O–H groups in total. The molecule has 2 rings (SSSR count). The molecule has 1 atom stereocenters. The standard InChI is InChI=1S/C19H26N2O4S2/c1-15(16-8-6-5-7-9-16)21-19(2,3)14-20-27(24,25)18-12-10-17(11-13-18)26(4,22)23/h5-13,15,20-21H,14H2,1-4H3.